The summed E-state index contributed by atoms with van der Waals surface area (Å²) in [5, 5.41) is 15.1. The van der Waals surface area contributed by atoms with Gasteiger partial charge in [0.15, 0.2) is 0 Å². The minimum atomic E-state index is 0.348. The zero-order valence-corrected chi connectivity index (χ0v) is 12.4. The average Bonchev–Trinajstić information content (AvgIpc) is 3.15. The maximum Gasteiger partial charge on any atom is 0.316 e. The second kappa shape index (κ2) is 6.25. The Labute approximate surface area is 127 Å². The van der Waals surface area contributed by atoms with E-state index in [1.54, 1.807) is 23.3 Å². The molecule has 0 aliphatic carbocycles. The molecule has 3 rings (SSSR count). The smallest absolute Gasteiger partial charge is 0.316 e. The molecular formula is C14H16N6O2. The lowest BCUT2D eigenvalue weighted by Gasteiger charge is -2.05. The SMILES string of the molecule is CCOc1cncc(CNc2nnc(-c3cnn(C)c3)o2)c1. The summed E-state index contributed by atoms with van der Waals surface area (Å²) >= 11 is 0. The highest BCUT2D eigenvalue weighted by Gasteiger charge is 2.10. The number of ether oxygens (including phenoxy) is 1. The van der Waals surface area contributed by atoms with Gasteiger partial charge >= 0.3 is 6.01 Å². The number of pyridine rings is 1. The molecule has 0 saturated heterocycles. The third-order valence-electron chi connectivity index (χ3n) is 2.90. The van der Waals surface area contributed by atoms with Gasteiger partial charge in [-0.3, -0.25) is 9.67 Å². The van der Waals surface area contributed by atoms with Gasteiger partial charge in [0.25, 0.3) is 5.89 Å². The number of aryl methyl sites for hydroxylation is 1. The van der Waals surface area contributed by atoms with Crippen LogP contribution in [0.1, 0.15) is 12.5 Å². The van der Waals surface area contributed by atoms with Crippen molar-refractivity contribution in [3.05, 3.63) is 36.4 Å². The molecule has 0 aliphatic rings. The number of nitrogens with one attached hydrogen (secondary N) is 1. The molecule has 0 fully saturated rings. The number of rotatable bonds is 6. The minimum Gasteiger partial charge on any atom is -0.492 e. The Balaban J connectivity index is 1.64. The van der Waals surface area contributed by atoms with E-state index in [0.717, 1.165) is 16.9 Å². The Kier molecular flexibility index (Phi) is 3.99. The molecule has 0 unspecified atom stereocenters. The molecule has 8 nitrogen and oxygen atoms in total. The highest BCUT2D eigenvalue weighted by molar-refractivity contribution is 5.50. The Hall–Kier alpha value is -2.90. The van der Waals surface area contributed by atoms with Crippen molar-refractivity contribution >= 4 is 6.01 Å². The van der Waals surface area contributed by atoms with Gasteiger partial charge in [0.2, 0.25) is 0 Å². The van der Waals surface area contributed by atoms with Crippen LogP contribution in [0.15, 0.2) is 35.3 Å². The quantitative estimate of drug-likeness (QED) is 0.743. The van der Waals surface area contributed by atoms with Crippen LogP contribution >= 0.6 is 0 Å². The van der Waals surface area contributed by atoms with Gasteiger partial charge in [-0.2, -0.15) is 5.10 Å². The molecule has 3 heterocycles. The first-order valence-electron chi connectivity index (χ1n) is 6.87. The largest absolute Gasteiger partial charge is 0.492 e. The Morgan fingerprint density at radius 3 is 2.95 bits per heavy atom. The number of aromatic nitrogens is 5. The third-order valence-corrected chi connectivity index (χ3v) is 2.90. The van der Waals surface area contributed by atoms with Gasteiger partial charge in [-0.25, -0.2) is 0 Å². The van der Waals surface area contributed by atoms with Crippen LogP contribution in [-0.2, 0) is 13.6 Å². The van der Waals surface area contributed by atoms with Crippen molar-refractivity contribution in [1.82, 2.24) is 25.0 Å². The van der Waals surface area contributed by atoms with Crippen molar-refractivity contribution in [3.8, 4) is 17.2 Å². The average molecular weight is 300 g/mol. The maximum atomic E-state index is 5.54. The van der Waals surface area contributed by atoms with E-state index in [1.807, 2.05) is 26.2 Å². The first-order chi connectivity index (χ1) is 10.7. The zero-order valence-electron chi connectivity index (χ0n) is 12.4. The lowest BCUT2D eigenvalue weighted by Crippen LogP contribution is -2.01. The summed E-state index contributed by atoms with van der Waals surface area (Å²) in [6, 6.07) is 2.27. The summed E-state index contributed by atoms with van der Waals surface area (Å²) in [6.45, 7) is 3.06. The van der Waals surface area contributed by atoms with E-state index in [9.17, 15) is 0 Å². The monoisotopic (exact) mass is 300 g/mol. The van der Waals surface area contributed by atoms with E-state index in [1.165, 1.54) is 0 Å². The standard InChI is InChI=1S/C14H16N6O2/c1-3-21-12-4-10(5-15-8-12)6-16-14-19-18-13(22-14)11-7-17-20(2)9-11/h4-5,7-9H,3,6H2,1-2H3,(H,16,19). The molecule has 0 saturated carbocycles. The number of nitrogens with zero attached hydrogens (tertiary/aromatic N) is 5. The van der Waals surface area contributed by atoms with Gasteiger partial charge in [0.05, 0.1) is 24.6 Å². The van der Waals surface area contributed by atoms with E-state index < -0.39 is 0 Å². The van der Waals surface area contributed by atoms with E-state index >= 15 is 0 Å². The lowest BCUT2D eigenvalue weighted by molar-refractivity contribution is 0.338. The summed E-state index contributed by atoms with van der Waals surface area (Å²) < 4.78 is 12.6. The molecule has 8 heteroatoms. The summed E-state index contributed by atoms with van der Waals surface area (Å²) in [5.41, 5.74) is 1.75. The normalized spacial score (nSPS) is 10.6. The van der Waals surface area contributed by atoms with Crippen molar-refractivity contribution < 1.29 is 9.15 Å². The molecule has 1 N–H and O–H groups in total. The number of anilines is 1. The van der Waals surface area contributed by atoms with Crippen LogP contribution in [-0.4, -0.2) is 31.6 Å². The zero-order chi connectivity index (χ0) is 15.4. The molecule has 3 aromatic rings. The third kappa shape index (κ3) is 3.22. The van der Waals surface area contributed by atoms with Gasteiger partial charge in [0, 0.05) is 26.0 Å². The predicted octanol–water partition coefficient (Wildman–Crippen LogP) is 1.88. The molecule has 0 amide bonds. The van der Waals surface area contributed by atoms with Gasteiger partial charge in [-0.05, 0) is 18.6 Å². The summed E-state index contributed by atoms with van der Waals surface area (Å²) in [4.78, 5) is 4.13. The highest BCUT2D eigenvalue weighted by atomic mass is 16.5. The molecule has 22 heavy (non-hydrogen) atoms. The molecule has 114 valence electrons. The van der Waals surface area contributed by atoms with Crippen LogP contribution in [0.4, 0.5) is 6.01 Å². The molecule has 0 bridgehead atoms. The summed E-state index contributed by atoms with van der Waals surface area (Å²) in [7, 11) is 1.83. The van der Waals surface area contributed by atoms with Gasteiger partial charge in [0.1, 0.15) is 5.75 Å². The van der Waals surface area contributed by atoms with Crippen molar-refractivity contribution in [2.24, 2.45) is 7.05 Å². The van der Waals surface area contributed by atoms with E-state index in [-0.39, 0.29) is 0 Å². The van der Waals surface area contributed by atoms with Gasteiger partial charge < -0.3 is 14.5 Å². The number of hydrogen-bond acceptors (Lipinski definition) is 7. The Morgan fingerprint density at radius 2 is 2.18 bits per heavy atom. The Morgan fingerprint density at radius 1 is 1.27 bits per heavy atom. The Bertz CT molecular complexity index is 751. The van der Waals surface area contributed by atoms with Crippen molar-refractivity contribution in [2.75, 3.05) is 11.9 Å². The van der Waals surface area contributed by atoms with Gasteiger partial charge in [-0.1, -0.05) is 5.10 Å². The van der Waals surface area contributed by atoms with E-state index in [0.29, 0.717) is 25.1 Å². The molecule has 3 aromatic heterocycles. The van der Waals surface area contributed by atoms with Crippen LogP contribution in [0.25, 0.3) is 11.5 Å². The molecule has 0 aromatic carbocycles. The van der Waals surface area contributed by atoms with Crippen LogP contribution in [0, 0.1) is 0 Å². The minimum absolute atomic E-state index is 0.348. The fourth-order valence-corrected chi connectivity index (χ4v) is 1.93. The van der Waals surface area contributed by atoms with Crippen LogP contribution in [0.3, 0.4) is 0 Å². The van der Waals surface area contributed by atoms with Gasteiger partial charge in [-0.15, -0.1) is 5.10 Å². The first-order valence-corrected chi connectivity index (χ1v) is 6.87. The molecule has 0 atom stereocenters. The van der Waals surface area contributed by atoms with E-state index in [4.69, 9.17) is 9.15 Å². The fourth-order valence-electron chi connectivity index (χ4n) is 1.93. The maximum absolute atomic E-state index is 5.54. The molecule has 0 aliphatic heterocycles. The predicted molar refractivity (Wildman–Crippen MR) is 79.2 cm³/mol. The molecule has 0 spiro atoms. The van der Waals surface area contributed by atoms with Crippen molar-refractivity contribution in [2.45, 2.75) is 13.5 Å². The topological polar surface area (TPSA) is 90.9 Å². The van der Waals surface area contributed by atoms with Crippen molar-refractivity contribution in [3.63, 3.8) is 0 Å². The second-order valence-electron chi connectivity index (χ2n) is 4.63. The lowest BCUT2D eigenvalue weighted by atomic mass is 10.3. The summed E-state index contributed by atoms with van der Waals surface area (Å²) in [5.74, 6) is 1.17. The number of hydrogen-bond donors (Lipinski definition) is 1. The first kappa shape index (κ1) is 14.1. The second-order valence-corrected chi connectivity index (χ2v) is 4.63. The highest BCUT2D eigenvalue weighted by Crippen LogP contribution is 2.19. The van der Waals surface area contributed by atoms with Crippen LogP contribution in [0.5, 0.6) is 5.75 Å². The fraction of sp³-hybridized carbons (Fsp3) is 0.286. The molecule has 0 radical (unpaired) electrons. The molecular weight excluding hydrogens is 284 g/mol. The summed E-state index contributed by atoms with van der Waals surface area (Å²) in [6.07, 6.45) is 6.92. The van der Waals surface area contributed by atoms with Crippen LogP contribution in [0.2, 0.25) is 0 Å². The van der Waals surface area contributed by atoms with Crippen molar-refractivity contribution in [1.29, 1.82) is 0 Å². The van der Waals surface area contributed by atoms with E-state index in [2.05, 4.69) is 25.6 Å². The van der Waals surface area contributed by atoms with Crippen LogP contribution < -0.4 is 10.1 Å².